The lowest BCUT2D eigenvalue weighted by Crippen LogP contribution is -2.42. The van der Waals surface area contributed by atoms with Gasteiger partial charge in [0, 0.05) is 39.4 Å². The highest BCUT2D eigenvalue weighted by molar-refractivity contribution is 5.60. The van der Waals surface area contributed by atoms with Gasteiger partial charge in [0.05, 0.1) is 5.69 Å². The summed E-state index contributed by atoms with van der Waals surface area (Å²) >= 11 is 0. The number of aromatic nitrogens is 2. The molecule has 3 rings (SSSR count). The highest BCUT2D eigenvalue weighted by Gasteiger charge is 2.23. The number of halogens is 1. The molecule has 130 valence electrons. The van der Waals surface area contributed by atoms with E-state index >= 15 is 0 Å². The lowest BCUT2D eigenvalue weighted by atomic mass is 10.0. The van der Waals surface area contributed by atoms with E-state index in [1.807, 2.05) is 31.1 Å². The summed E-state index contributed by atoms with van der Waals surface area (Å²) < 4.78 is 13.9. The highest BCUT2D eigenvalue weighted by atomic mass is 19.1. The third-order valence-electron chi connectivity index (χ3n) is 4.26. The van der Waals surface area contributed by atoms with Crippen LogP contribution >= 0.6 is 0 Å². The maximum Gasteiger partial charge on any atom is 0.226 e. The standard InChI is InChI=1S/C18H21FN6/c1-24(2)18-21-9-8-17(23-18)22-13-5-4-10-25(12-13)16-7-3-6-15(19)14(16)11-20/h3,6-9,13H,4-5,10,12H2,1-2H3,(H,21,22,23). The van der Waals surface area contributed by atoms with E-state index in [-0.39, 0.29) is 11.6 Å². The number of anilines is 3. The molecule has 1 aliphatic heterocycles. The van der Waals surface area contributed by atoms with Crippen LogP contribution in [0.25, 0.3) is 0 Å². The van der Waals surface area contributed by atoms with Crippen LogP contribution in [0.15, 0.2) is 30.5 Å². The van der Waals surface area contributed by atoms with Gasteiger partial charge >= 0.3 is 0 Å². The normalized spacial score (nSPS) is 17.0. The smallest absolute Gasteiger partial charge is 0.226 e. The molecule has 1 atom stereocenters. The molecule has 0 spiro atoms. The Labute approximate surface area is 146 Å². The summed E-state index contributed by atoms with van der Waals surface area (Å²) in [4.78, 5) is 12.6. The molecule has 1 saturated heterocycles. The molecular weight excluding hydrogens is 319 g/mol. The molecule has 0 bridgehead atoms. The molecule has 2 heterocycles. The van der Waals surface area contributed by atoms with Gasteiger partial charge in [-0.1, -0.05) is 6.07 Å². The van der Waals surface area contributed by atoms with Gasteiger partial charge in [0.25, 0.3) is 0 Å². The summed E-state index contributed by atoms with van der Waals surface area (Å²) in [6.45, 7) is 1.50. The van der Waals surface area contributed by atoms with Crippen LogP contribution in [-0.2, 0) is 0 Å². The molecule has 1 N–H and O–H groups in total. The average molecular weight is 340 g/mol. The number of hydrogen-bond acceptors (Lipinski definition) is 6. The molecule has 0 amide bonds. The molecular formula is C18H21FN6. The summed E-state index contributed by atoms with van der Waals surface area (Å²) in [6, 6.07) is 8.78. The van der Waals surface area contributed by atoms with E-state index in [0.717, 1.165) is 25.2 Å². The molecule has 1 aliphatic rings. The summed E-state index contributed by atoms with van der Waals surface area (Å²) in [5.74, 6) is 0.946. The largest absolute Gasteiger partial charge is 0.368 e. The number of benzene rings is 1. The minimum atomic E-state index is -0.471. The Kier molecular flexibility index (Phi) is 4.98. The van der Waals surface area contributed by atoms with Crippen LogP contribution in [-0.4, -0.2) is 43.2 Å². The predicted octanol–water partition coefficient (Wildman–Crippen LogP) is 2.63. The van der Waals surface area contributed by atoms with Crippen LogP contribution < -0.4 is 15.1 Å². The molecule has 7 heteroatoms. The Balaban J connectivity index is 1.75. The maximum absolute atomic E-state index is 13.9. The number of nitrogens with zero attached hydrogens (tertiary/aromatic N) is 5. The topological polar surface area (TPSA) is 68.1 Å². The van der Waals surface area contributed by atoms with Gasteiger partial charge in [0.2, 0.25) is 5.95 Å². The average Bonchev–Trinajstić information content (AvgIpc) is 2.62. The molecule has 25 heavy (non-hydrogen) atoms. The van der Waals surface area contributed by atoms with E-state index in [4.69, 9.17) is 0 Å². The van der Waals surface area contributed by atoms with E-state index in [1.54, 1.807) is 18.3 Å². The molecule has 1 unspecified atom stereocenters. The fraction of sp³-hybridized carbons (Fsp3) is 0.389. The van der Waals surface area contributed by atoms with E-state index in [2.05, 4.69) is 20.2 Å². The van der Waals surface area contributed by atoms with Crippen LogP contribution in [0.3, 0.4) is 0 Å². The van der Waals surface area contributed by atoms with Gasteiger partial charge in [-0.05, 0) is 31.0 Å². The van der Waals surface area contributed by atoms with E-state index in [9.17, 15) is 9.65 Å². The zero-order chi connectivity index (χ0) is 17.8. The van der Waals surface area contributed by atoms with Crippen LogP contribution in [0.1, 0.15) is 18.4 Å². The number of hydrogen-bond donors (Lipinski definition) is 1. The van der Waals surface area contributed by atoms with Crippen LogP contribution in [0.2, 0.25) is 0 Å². The minimum absolute atomic E-state index is 0.111. The molecule has 1 fully saturated rings. The first-order valence-electron chi connectivity index (χ1n) is 8.29. The van der Waals surface area contributed by atoms with E-state index < -0.39 is 5.82 Å². The first-order valence-corrected chi connectivity index (χ1v) is 8.29. The lowest BCUT2D eigenvalue weighted by Gasteiger charge is -2.35. The van der Waals surface area contributed by atoms with Crippen molar-refractivity contribution in [2.75, 3.05) is 42.3 Å². The second-order valence-electron chi connectivity index (χ2n) is 6.31. The number of nitrogens with one attached hydrogen (secondary N) is 1. The van der Waals surface area contributed by atoms with Gasteiger partial charge in [0.1, 0.15) is 23.3 Å². The Morgan fingerprint density at radius 1 is 1.36 bits per heavy atom. The van der Waals surface area contributed by atoms with Gasteiger partial charge in [-0.25, -0.2) is 9.37 Å². The summed E-state index contributed by atoms with van der Waals surface area (Å²) in [7, 11) is 3.80. The molecule has 1 aromatic carbocycles. The van der Waals surface area contributed by atoms with Crippen LogP contribution in [0.4, 0.5) is 21.8 Å². The number of nitriles is 1. The number of rotatable bonds is 4. The van der Waals surface area contributed by atoms with Crippen molar-refractivity contribution in [1.82, 2.24) is 9.97 Å². The van der Waals surface area contributed by atoms with Gasteiger partial charge in [-0.3, -0.25) is 0 Å². The maximum atomic E-state index is 13.9. The van der Waals surface area contributed by atoms with Crippen molar-refractivity contribution in [2.24, 2.45) is 0 Å². The Morgan fingerprint density at radius 3 is 2.96 bits per heavy atom. The van der Waals surface area contributed by atoms with Crippen molar-refractivity contribution in [2.45, 2.75) is 18.9 Å². The van der Waals surface area contributed by atoms with Crippen molar-refractivity contribution in [1.29, 1.82) is 5.26 Å². The van der Waals surface area contributed by atoms with Gasteiger partial charge in [0.15, 0.2) is 0 Å². The first kappa shape index (κ1) is 17.0. The van der Waals surface area contributed by atoms with Crippen molar-refractivity contribution in [3.63, 3.8) is 0 Å². The molecule has 6 nitrogen and oxygen atoms in total. The summed E-state index contributed by atoms with van der Waals surface area (Å²) in [5.41, 5.74) is 0.769. The zero-order valence-corrected chi connectivity index (χ0v) is 14.4. The van der Waals surface area contributed by atoms with Crippen molar-refractivity contribution >= 4 is 17.5 Å². The fourth-order valence-corrected chi connectivity index (χ4v) is 3.05. The van der Waals surface area contributed by atoms with Gasteiger partial charge in [-0.15, -0.1) is 0 Å². The summed E-state index contributed by atoms with van der Waals surface area (Å²) in [6.07, 6.45) is 3.69. The monoisotopic (exact) mass is 340 g/mol. The summed E-state index contributed by atoms with van der Waals surface area (Å²) in [5, 5.41) is 12.7. The van der Waals surface area contributed by atoms with Gasteiger partial charge in [-0.2, -0.15) is 10.2 Å². The zero-order valence-electron chi connectivity index (χ0n) is 14.4. The second kappa shape index (κ2) is 7.34. The molecule has 0 radical (unpaired) electrons. The van der Waals surface area contributed by atoms with E-state index in [0.29, 0.717) is 18.2 Å². The Morgan fingerprint density at radius 2 is 2.20 bits per heavy atom. The molecule has 2 aromatic rings. The SMILES string of the molecule is CN(C)c1nccc(NC2CCCN(c3cccc(F)c3C#N)C2)n1. The van der Waals surface area contributed by atoms with Crippen molar-refractivity contribution in [3.05, 3.63) is 41.8 Å². The predicted molar refractivity (Wildman–Crippen MR) is 96.3 cm³/mol. The second-order valence-corrected chi connectivity index (χ2v) is 6.31. The molecule has 0 aliphatic carbocycles. The van der Waals surface area contributed by atoms with Crippen LogP contribution in [0, 0.1) is 17.1 Å². The van der Waals surface area contributed by atoms with Crippen LogP contribution in [0.5, 0.6) is 0 Å². The molecule has 1 aromatic heterocycles. The third-order valence-corrected chi connectivity index (χ3v) is 4.26. The number of piperidine rings is 1. The van der Waals surface area contributed by atoms with E-state index in [1.165, 1.54) is 6.07 Å². The lowest BCUT2D eigenvalue weighted by molar-refractivity contribution is 0.527. The van der Waals surface area contributed by atoms with Gasteiger partial charge < -0.3 is 15.1 Å². The quantitative estimate of drug-likeness (QED) is 0.923. The first-order chi connectivity index (χ1) is 12.1. The van der Waals surface area contributed by atoms with Crippen molar-refractivity contribution < 1.29 is 4.39 Å². The minimum Gasteiger partial charge on any atom is -0.368 e. The molecule has 0 saturated carbocycles. The highest BCUT2D eigenvalue weighted by Crippen LogP contribution is 2.26. The van der Waals surface area contributed by atoms with Crippen molar-refractivity contribution in [3.8, 4) is 6.07 Å². The Bertz CT molecular complexity index is 785. The fourth-order valence-electron chi connectivity index (χ4n) is 3.05. The Hall–Kier alpha value is -2.88. The third kappa shape index (κ3) is 3.79.